The van der Waals surface area contributed by atoms with Crippen molar-refractivity contribution in [2.75, 3.05) is 13.6 Å². The third-order valence-corrected chi connectivity index (χ3v) is 6.24. The lowest BCUT2D eigenvalue weighted by Crippen LogP contribution is -2.37. The summed E-state index contributed by atoms with van der Waals surface area (Å²) in [4.78, 5) is 36.6. The molecule has 4 heterocycles. The van der Waals surface area contributed by atoms with E-state index in [2.05, 4.69) is 31.2 Å². The molecule has 186 valence electrons. The number of hydrogen-bond donors (Lipinski definition) is 2. The minimum absolute atomic E-state index is 0.0905. The number of nitriles is 1. The number of rotatable bonds is 5. The molecule has 1 amide bonds. The number of halogens is 3. The number of aryl methyl sites for hydroxylation is 1. The Kier molecular flexibility index (Phi) is 6.90. The molecule has 0 bridgehead atoms. The van der Waals surface area contributed by atoms with Crippen LogP contribution in [0.1, 0.15) is 45.6 Å². The van der Waals surface area contributed by atoms with E-state index in [1.54, 1.807) is 18.3 Å². The van der Waals surface area contributed by atoms with Crippen LogP contribution < -0.4 is 10.9 Å². The summed E-state index contributed by atoms with van der Waals surface area (Å²) in [6.07, 6.45) is 1.27. The summed E-state index contributed by atoms with van der Waals surface area (Å²) in [6, 6.07) is 7.09. The third kappa shape index (κ3) is 4.99. The fraction of sp³-hybridized carbons (Fsp3) is 0.320. The van der Waals surface area contributed by atoms with Crippen molar-refractivity contribution in [3.8, 4) is 6.07 Å². The highest BCUT2D eigenvalue weighted by molar-refractivity contribution is 5.92. The van der Waals surface area contributed by atoms with Crippen LogP contribution in [0.5, 0.6) is 0 Å². The summed E-state index contributed by atoms with van der Waals surface area (Å²) in [5.74, 6) is -0.275. The lowest BCUT2D eigenvalue weighted by Gasteiger charge is -2.33. The molecule has 3 aromatic rings. The quantitative estimate of drug-likeness (QED) is 0.558. The number of hydrogen-bond acceptors (Lipinski definition) is 6. The SMILES string of the molecule is CNC(=O)c1ccc(C2=CC(CC#N)N(Cc3cnc4c(C)c(C(F)(F)F)c(=O)[nH]c4c3)CC2)cn1. The summed E-state index contributed by atoms with van der Waals surface area (Å²) in [5.41, 5.74) is 0.567. The largest absolute Gasteiger partial charge is 0.422 e. The molecule has 3 aromatic heterocycles. The standard InChI is InChI=1S/C25H23F3N6O2/c1-14-21(25(26,27)28)24(36)33-20-9-15(11-32-22(14)20)13-34-8-6-16(10-18(34)5-7-29)17-3-4-19(31-12-17)23(35)30-2/h3-4,9-12,18H,5-6,8,13H2,1-2H3,(H,30,35)(H,33,36). The number of fused-ring (bicyclic) bond motifs is 1. The Morgan fingerprint density at radius 1 is 1.31 bits per heavy atom. The molecular weight excluding hydrogens is 473 g/mol. The summed E-state index contributed by atoms with van der Waals surface area (Å²) < 4.78 is 39.8. The first-order valence-corrected chi connectivity index (χ1v) is 11.2. The van der Waals surface area contributed by atoms with Crippen LogP contribution in [0.3, 0.4) is 0 Å². The number of nitrogens with one attached hydrogen (secondary N) is 2. The van der Waals surface area contributed by atoms with Crippen LogP contribution in [0.4, 0.5) is 13.2 Å². The normalized spacial score (nSPS) is 16.4. The fourth-order valence-electron chi connectivity index (χ4n) is 4.45. The van der Waals surface area contributed by atoms with Gasteiger partial charge in [-0.15, -0.1) is 0 Å². The topological polar surface area (TPSA) is 115 Å². The molecule has 0 radical (unpaired) electrons. The first kappa shape index (κ1) is 25.1. The summed E-state index contributed by atoms with van der Waals surface area (Å²) >= 11 is 0. The van der Waals surface area contributed by atoms with Gasteiger partial charge in [0.2, 0.25) is 0 Å². The highest BCUT2D eigenvalue weighted by atomic mass is 19.4. The fourth-order valence-corrected chi connectivity index (χ4v) is 4.45. The van der Waals surface area contributed by atoms with Gasteiger partial charge in [0, 0.05) is 38.6 Å². The van der Waals surface area contributed by atoms with E-state index in [1.807, 2.05) is 12.1 Å². The molecule has 0 saturated heterocycles. The van der Waals surface area contributed by atoms with E-state index in [4.69, 9.17) is 0 Å². The Morgan fingerprint density at radius 2 is 2.08 bits per heavy atom. The van der Waals surface area contributed by atoms with Gasteiger partial charge in [-0.2, -0.15) is 18.4 Å². The van der Waals surface area contributed by atoms with Gasteiger partial charge in [-0.05, 0) is 47.7 Å². The zero-order chi connectivity index (χ0) is 26.0. The molecule has 1 unspecified atom stereocenters. The number of alkyl halides is 3. The smallest absolute Gasteiger partial charge is 0.354 e. The number of aromatic amines is 1. The molecule has 0 spiro atoms. The van der Waals surface area contributed by atoms with Gasteiger partial charge >= 0.3 is 6.18 Å². The molecule has 36 heavy (non-hydrogen) atoms. The van der Waals surface area contributed by atoms with Crippen LogP contribution in [0.2, 0.25) is 0 Å². The number of pyridine rings is 3. The summed E-state index contributed by atoms with van der Waals surface area (Å²) in [5, 5.41) is 11.9. The van der Waals surface area contributed by atoms with E-state index in [-0.39, 0.29) is 35.0 Å². The minimum atomic E-state index is -4.77. The van der Waals surface area contributed by atoms with Crippen LogP contribution in [0, 0.1) is 18.3 Å². The molecule has 1 aliphatic rings. The number of nitrogens with zero attached hydrogens (tertiary/aromatic N) is 4. The molecule has 11 heteroatoms. The third-order valence-electron chi connectivity index (χ3n) is 6.24. The van der Waals surface area contributed by atoms with Gasteiger partial charge in [0.25, 0.3) is 11.5 Å². The summed E-state index contributed by atoms with van der Waals surface area (Å²) in [6.45, 7) is 2.26. The van der Waals surface area contributed by atoms with Crippen LogP contribution in [-0.2, 0) is 12.7 Å². The Labute approximate surface area is 204 Å². The average Bonchev–Trinajstić information content (AvgIpc) is 2.84. The second-order valence-electron chi connectivity index (χ2n) is 8.54. The van der Waals surface area contributed by atoms with Crippen LogP contribution >= 0.6 is 0 Å². The molecule has 1 aliphatic heterocycles. The van der Waals surface area contributed by atoms with Gasteiger partial charge in [0.15, 0.2) is 0 Å². The number of carbonyl (C=O) groups excluding carboxylic acids is 1. The maximum Gasteiger partial charge on any atom is 0.422 e. The molecular formula is C25H23F3N6O2. The number of aromatic nitrogens is 3. The Morgan fingerprint density at radius 3 is 2.72 bits per heavy atom. The first-order chi connectivity index (χ1) is 17.1. The zero-order valence-corrected chi connectivity index (χ0v) is 19.6. The predicted octanol–water partition coefficient (Wildman–Crippen LogP) is 3.58. The van der Waals surface area contributed by atoms with E-state index >= 15 is 0 Å². The predicted molar refractivity (Wildman–Crippen MR) is 127 cm³/mol. The number of carbonyl (C=O) groups is 1. The van der Waals surface area contributed by atoms with Crippen LogP contribution in [-0.4, -0.2) is 45.4 Å². The van der Waals surface area contributed by atoms with Crippen LogP contribution in [0.25, 0.3) is 16.6 Å². The van der Waals surface area contributed by atoms with Crippen molar-refractivity contribution in [2.45, 2.75) is 38.5 Å². The average molecular weight is 496 g/mol. The van der Waals surface area contributed by atoms with Crippen molar-refractivity contribution in [2.24, 2.45) is 0 Å². The van der Waals surface area contributed by atoms with E-state index in [1.165, 1.54) is 20.2 Å². The van der Waals surface area contributed by atoms with Gasteiger partial charge < -0.3 is 10.3 Å². The molecule has 8 nitrogen and oxygen atoms in total. The number of amides is 1. The zero-order valence-electron chi connectivity index (χ0n) is 19.6. The molecule has 4 rings (SSSR count). The molecule has 1 atom stereocenters. The molecule has 0 aliphatic carbocycles. The highest BCUT2D eigenvalue weighted by Crippen LogP contribution is 2.32. The maximum atomic E-state index is 13.3. The van der Waals surface area contributed by atoms with Crippen molar-refractivity contribution in [3.63, 3.8) is 0 Å². The monoisotopic (exact) mass is 496 g/mol. The molecule has 0 fully saturated rings. The van der Waals surface area contributed by atoms with Gasteiger partial charge in [-0.1, -0.05) is 12.1 Å². The molecule has 2 N–H and O–H groups in total. The lowest BCUT2D eigenvalue weighted by molar-refractivity contribution is -0.139. The first-order valence-electron chi connectivity index (χ1n) is 11.2. The summed E-state index contributed by atoms with van der Waals surface area (Å²) in [7, 11) is 1.53. The molecule has 0 saturated carbocycles. The van der Waals surface area contributed by atoms with Gasteiger partial charge in [-0.3, -0.25) is 24.5 Å². The van der Waals surface area contributed by atoms with Crippen LogP contribution in [0.15, 0.2) is 41.5 Å². The van der Waals surface area contributed by atoms with Gasteiger partial charge in [0.05, 0.1) is 23.5 Å². The van der Waals surface area contributed by atoms with E-state index in [0.717, 1.165) is 11.1 Å². The van der Waals surface area contributed by atoms with Gasteiger partial charge in [0.1, 0.15) is 11.3 Å². The van der Waals surface area contributed by atoms with Crippen molar-refractivity contribution < 1.29 is 18.0 Å². The molecule has 0 aromatic carbocycles. The Balaban J connectivity index is 1.59. The second-order valence-corrected chi connectivity index (χ2v) is 8.54. The number of H-pyrrole nitrogens is 1. The van der Waals surface area contributed by atoms with Gasteiger partial charge in [-0.25, -0.2) is 0 Å². The second kappa shape index (κ2) is 9.91. The van der Waals surface area contributed by atoms with E-state index < -0.39 is 17.3 Å². The Bertz CT molecular complexity index is 1440. The lowest BCUT2D eigenvalue weighted by atomic mass is 9.95. The van der Waals surface area contributed by atoms with E-state index in [9.17, 15) is 28.0 Å². The van der Waals surface area contributed by atoms with Crippen molar-refractivity contribution >= 4 is 22.5 Å². The maximum absolute atomic E-state index is 13.3. The van der Waals surface area contributed by atoms with E-state index in [0.29, 0.717) is 30.8 Å². The minimum Gasteiger partial charge on any atom is -0.354 e. The van der Waals surface area contributed by atoms with Crippen molar-refractivity contribution in [1.82, 2.24) is 25.2 Å². The van der Waals surface area contributed by atoms with Crippen molar-refractivity contribution in [3.05, 3.63) is 75.0 Å². The highest BCUT2D eigenvalue weighted by Gasteiger charge is 2.37. The Hall–Kier alpha value is -4.04. The van der Waals surface area contributed by atoms with Crippen molar-refractivity contribution in [1.29, 1.82) is 5.26 Å².